The van der Waals surface area contributed by atoms with Gasteiger partial charge in [-0.3, -0.25) is 19.3 Å². The number of phenolic OH excluding ortho intramolecular Hbond substituents is 1. The molecule has 0 aliphatic carbocycles. The van der Waals surface area contributed by atoms with E-state index in [1.54, 1.807) is 24.3 Å². The Kier molecular flexibility index (Phi) is 6.21. The molecule has 0 aromatic heterocycles. The van der Waals surface area contributed by atoms with Gasteiger partial charge in [0.1, 0.15) is 16.8 Å². The quantitative estimate of drug-likeness (QED) is 0.458. The van der Waals surface area contributed by atoms with Gasteiger partial charge in [-0.2, -0.15) is 0 Å². The molecule has 1 unspecified atom stereocenters. The van der Waals surface area contributed by atoms with Crippen molar-refractivity contribution in [3.63, 3.8) is 0 Å². The van der Waals surface area contributed by atoms with E-state index in [2.05, 4.69) is 20.8 Å². The summed E-state index contributed by atoms with van der Waals surface area (Å²) >= 11 is 1.04. The van der Waals surface area contributed by atoms with E-state index in [0.717, 1.165) is 11.8 Å². The maximum absolute atomic E-state index is 13.3. The molecule has 11 heteroatoms. The predicted molar refractivity (Wildman–Crippen MR) is 136 cm³/mol. The number of nitrogens with one attached hydrogen (secondary N) is 2. The second-order valence-corrected chi connectivity index (χ2v) is 9.06. The van der Waals surface area contributed by atoms with E-state index in [-0.39, 0.29) is 23.0 Å². The summed E-state index contributed by atoms with van der Waals surface area (Å²) in [7, 11) is 0. The molecule has 2 aliphatic rings. The Bertz CT molecular complexity index is 1420. The van der Waals surface area contributed by atoms with Crippen LogP contribution in [0.1, 0.15) is 12.0 Å². The third kappa shape index (κ3) is 4.68. The molecule has 5 rings (SSSR count). The molecule has 180 valence electrons. The van der Waals surface area contributed by atoms with Crippen molar-refractivity contribution in [2.24, 2.45) is 10.2 Å². The Morgan fingerprint density at radius 2 is 1.75 bits per heavy atom. The maximum Gasteiger partial charge on any atom is 0.276 e. The number of amidine groups is 1. The zero-order chi connectivity index (χ0) is 25.2. The normalized spacial score (nSPS) is 19.0. The molecule has 9 nitrogen and oxygen atoms in total. The first-order valence-corrected chi connectivity index (χ1v) is 11.7. The van der Waals surface area contributed by atoms with Crippen LogP contribution in [0.15, 0.2) is 83.0 Å². The highest BCUT2D eigenvalue weighted by Crippen LogP contribution is 2.35. The number of thioether (sulfide) groups is 1. The van der Waals surface area contributed by atoms with Crippen LogP contribution in [-0.4, -0.2) is 39.0 Å². The highest BCUT2D eigenvalue weighted by molar-refractivity contribution is 8.16. The molecular weight excluding hydrogens is 485 g/mol. The van der Waals surface area contributed by atoms with Gasteiger partial charge in [-0.1, -0.05) is 30.0 Å². The molecule has 3 N–H and O–H groups in total. The molecular formula is C25H18FN5O4S. The summed E-state index contributed by atoms with van der Waals surface area (Å²) in [4.78, 5) is 39.6. The number of para-hydroxylation sites is 1. The van der Waals surface area contributed by atoms with Gasteiger partial charge in [-0.15, -0.1) is 10.2 Å². The van der Waals surface area contributed by atoms with Crippen LogP contribution in [0.2, 0.25) is 0 Å². The lowest BCUT2D eigenvalue weighted by molar-refractivity contribution is -0.121. The Morgan fingerprint density at radius 1 is 1.03 bits per heavy atom. The lowest BCUT2D eigenvalue weighted by Gasteiger charge is -2.16. The number of carbonyl (C=O) groups is 3. The largest absolute Gasteiger partial charge is 0.508 e. The average molecular weight is 504 g/mol. The van der Waals surface area contributed by atoms with E-state index < -0.39 is 28.8 Å². The number of fused-ring (bicyclic) bond motifs is 1. The SMILES string of the molecule is O=C(CC1SC(=N/N=C2\C(=O)Nc3ccccc32)N(c2ccc(O)cc2)C1=O)Nc1ccc(F)cc1. The van der Waals surface area contributed by atoms with Crippen LogP contribution in [0, 0.1) is 5.82 Å². The van der Waals surface area contributed by atoms with Gasteiger partial charge >= 0.3 is 0 Å². The summed E-state index contributed by atoms with van der Waals surface area (Å²) in [6.45, 7) is 0. The van der Waals surface area contributed by atoms with Crippen molar-refractivity contribution in [3.8, 4) is 5.75 Å². The van der Waals surface area contributed by atoms with Gasteiger partial charge in [0.05, 0.1) is 11.4 Å². The van der Waals surface area contributed by atoms with Crippen molar-refractivity contribution >= 4 is 57.4 Å². The first-order valence-electron chi connectivity index (χ1n) is 10.8. The van der Waals surface area contributed by atoms with Crippen LogP contribution in [0.3, 0.4) is 0 Å². The van der Waals surface area contributed by atoms with Gasteiger partial charge in [0.2, 0.25) is 11.8 Å². The van der Waals surface area contributed by atoms with Gasteiger partial charge in [-0.25, -0.2) is 4.39 Å². The molecule has 1 atom stereocenters. The second kappa shape index (κ2) is 9.62. The third-order valence-corrected chi connectivity index (χ3v) is 6.55. The predicted octanol–water partition coefficient (Wildman–Crippen LogP) is 3.72. The van der Waals surface area contributed by atoms with Gasteiger partial charge in [0.15, 0.2) is 10.9 Å². The van der Waals surface area contributed by atoms with E-state index in [1.807, 2.05) is 0 Å². The van der Waals surface area contributed by atoms with Crippen molar-refractivity contribution in [2.45, 2.75) is 11.7 Å². The molecule has 1 saturated heterocycles. The van der Waals surface area contributed by atoms with E-state index in [9.17, 15) is 23.9 Å². The number of phenols is 1. The van der Waals surface area contributed by atoms with E-state index in [4.69, 9.17) is 0 Å². The minimum Gasteiger partial charge on any atom is -0.508 e. The highest BCUT2D eigenvalue weighted by Gasteiger charge is 2.40. The van der Waals surface area contributed by atoms with Crippen LogP contribution in [0.25, 0.3) is 0 Å². The molecule has 1 fully saturated rings. The Morgan fingerprint density at radius 3 is 2.50 bits per heavy atom. The fourth-order valence-electron chi connectivity index (χ4n) is 3.71. The topological polar surface area (TPSA) is 123 Å². The van der Waals surface area contributed by atoms with Crippen molar-refractivity contribution in [1.29, 1.82) is 0 Å². The van der Waals surface area contributed by atoms with Crippen LogP contribution in [-0.2, 0) is 14.4 Å². The molecule has 3 amide bonds. The van der Waals surface area contributed by atoms with Crippen LogP contribution >= 0.6 is 11.8 Å². The summed E-state index contributed by atoms with van der Waals surface area (Å²) in [5.74, 6) is -1.67. The number of carbonyl (C=O) groups excluding carboxylic acids is 3. The standard InChI is InChI=1S/C25H18FN5O4S/c26-14-5-7-15(8-6-14)27-21(33)13-20-24(35)31(16-9-11-17(32)12-10-16)25(36-20)30-29-22-18-3-1-2-4-19(18)28-23(22)34/h1-12,20,32H,13H2,(H,27,33)(H,28,29,34). The van der Waals surface area contributed by atoms with E-state index in [1.165, 1.54) is 53.4 Å². The number of amides is 3. The minimum atomic E-state index is -0.817. The Balaban J connectivity index is 1.42. The van der Waals surface area contributed by atoms with Crippen molar-refractivity contribution < 1.29 is 23.9 Å². The molecule has 2 aliphatic heterocycles. The zero-order valence-corrected chi connectivity index (χ0v) is 19.3. The van der Waals surface area contributed by atoms with Crippen LogP contribution in [0.4, 0.5) is 21.5 Å². The Labute approximate surface area is 208 Å². The zero-order valence-electron chi connectivity index (χ0n) is 18.5. The van der Waals surface area contributed by atoms with E-state index >= 15 is 0 Å². The molecule has 0 bridgehead atoms. The number of rotatable bonds is 5. The molecule has 3 aromatic rings. The van der Waals surface area contributed by atoms with Crippen LogP contribution in [0.5, 0.6) is 5.75 Å². The van der Waals surface area contributed by atoms with Crippen molar-refractivity contribution in [2.75, 3.05) is 15.5 Å². The first kappa shape index (κ1) is 23.2. The second-order valence-electron chi connectivity index (χ2n) is 7.89. The summed E-state index contributed by atoms with van der Waals surface area (Å²) in [5, 5.41) is 22.7. The molecule has 2 heterocycles. The molecule has 0 spiro atoms. The fraction of sp³-hybridized carbons (Fsp3) is 0.0800. The molecule has 0 saturated carbocycles. The molecule has 0 radical (unpaired) electrons. The lowest BCUT2D eigenvalue weighted by Crippen LogP contribution is -2.33. The lowest BCUT2D eigenvalue weighted by atomic mass is 10.1. The maximum atomic E-state index is 13.3. The number of nitrogens with zero attached hydrogens (tertiary/aromatic N) is 3. The number of aromatic hydroxyl groups is 1. The minimum absolute atomic E-state index is 0.0197. The average Bonchev–Trinajstić information content (AvgIpc) is 3.35. The van der Waals surface area contributed by atoms with Gasteiger partial charge < -0.3 is 15.7 Å². The number of anilines is 3. The summed E-state index contributed by atoms with van der Waals surface area (Å²) in [6.07, 6.45) is -0.172. The summed E-state index contributed by atoms with van der Waals surface area (Å²) in [5.41, 5.74) is 2.13. The van der Waals surface area contributed by atoms with E-state index in [0.29, 0.717) is 22.6 Å². The third-order valence-electron chi connectivity index (χ3n) is 5.42. The fourth-order valence-corrected chi connectivity index (χ4v) is 4.80. The van der Waals surface area contributed by atoms with Crippen LogP contribution < -0.4 is 15.5 Å². The highest BCUT2D eigenvalue weighted by atomic mass is 32.2. The monoisotopic (exact) mass is 503 g/mol. The summed E-state index contributed by atoms with van der Waals surface area (Å²) < 4.78 is 13.1. The smallest absolute Gasteiger partial charge is 0.276 e. The summed E-state index contributed by atoms with van der Waals surface area (Å²) in [6, 6.07) is 18.2. The van der Waals surface area contributed by atoms with Gasteiger partial charge in [0, 0.05) is 17.7 Å². The van der Waals surface area contributed by atoms with Crippen molar-refractivity contribution in [3.05, 3.63) is 84.2 Å². The number of hydrogen-bond donors (Lipinski definition) is 3. The number of benzene rings is 3. The van der Waals surface area contributed by atoms with Gasteiger partial charge in [-0.05, 0) is 54.6 Å². The van der Waals surface area contributed by atoms with Gasteiger partial charge in [0.25, 0.3) is 5.91 Å². The molecule has 3 aromatic carbocycles. The molecule has 36 heavy (non-hydrogen) atoms. The Hall–Kier alpha value is -4.51. The number of halogens is 1. The number of hydrogen-bond acceptors (Lipinski definition) is 7. The van der Waals surface area contributed by atoms with Crippen molar-refractivity contribution in [1.82, 2.24) is 0 Å². The first-order chi connectivity index (χ1) is 17.4.